The van der Waals surface area contributed by atoms with Gasteiger partial charge in [-0.05, 0) is 18.8 Å². The zero-order valence-electron chi connectivity index (χ0n) is 9.04. The van der Waals surface area contributed by atoms with E-state index < -0.39 is 12.2 Å². The van der Waals surface area contributed by atoms with Crippen molar-refractivity contribution in [3.63, 3.8) is 0 Å². The maximum atomic E-state index is 9.81. The van der Waals surface area contributed by atoms with Crippen LogP contribution in [0, 0.1) is 5.92 Å². The van der Waals surface area contributed by atoms with Crippen molar-refractivity contribution in [2.45, 2.75) is 44.9 Å². The molecule has 0 aromatic carbocycles. The third kappa shape index (κ3) is 1.77. The highest BCUT2D eigenvalue weighted by Crippen LogP contribution is 2.33. The van der Waals surface area contributed by atoms with E-state index >= 15 is 0 Å². The van der Waals surface area contributed by atoms with E-state index in [0.717, 1.165) is 18.5 Å². The van der Waals surface area contributed by atoms with Crippen LogP contribution in [0.1, 0.15) is 32.0 Å². The van der Waals surface area contributed by atoms with E-state index in [2.05, 4.69) is 10.2 Å². The van der Waals surface area contributed by atoms with Gasteiger partial charge in [0, 0.05) is 0 Å². The van der Waals surface area contributed by atoms with Gasteiger partial charge in [-0.2, -0.15) is 15.0 Å². The topological polar surface area (TPSA) is 71.2 Å². The first-order chi connectivity index (χ1) is 7.13. The molecule has 0 radical (unpaired) electrons. The van der Waals surface area contributed by atoms with E-state index in [1.165, 1.54) is 4.80 Å². The molecule has 1 aliphatic rings. The van der Waals surface area contributed by atoms with Gasteiger partial charge in [0.25, 0.3) is 0 Å². The van der Waals surface area contributed by atoms with Crippen molar-refractivity contribution in [1.29, 1.82) is 0 Å². The summed E-state index contributed by atoms with van der Waals surface area (Å²) in [5, 5.41) is 27.8. The van der Waals surface area contributed by atoms with Crippen LogP contribution in [0.5, 0.6) is 0 Å². The summed E-state index contributed by atoms with van der Waals surface area (Å²) in [6.07, 6.45) is 1.85. The van der Waals surface area contributed by atoms with E-state index in [1.807, 2.05) is 13.8 Å². The van der Waals surface area contributed by atoms with Gasteiger partial charge in [0.15, 0.2) is 0 Å². The predicted octanol–water partition coefficient (Wildman–Crippen LogP) is 0.143. The Hall–Kier alpha value is -0.940. The van der Waals surface area contributed by atoms with Crippen LogP contribution < -0.4 is 0 Å². The fourth-order valence-corrected chi connectivity index (χ4v) is 2.09. The molecule has 0 spiro atoms. The highest BCUT2D eigenvalue weighted by atomic mass is 16.3. The van der Waals surface area contributed by atoms with Crippen molar-refractivity contribution >= 4 is 0 Å². The van der Waals surface area contributed by atoms with Gasteiger partial charge in [-0.3, -0.25) is 0 Å². The van der Waals surface area contributed by atoms with Gasteiger partial charge in [-0.15, -0.1) is 0 Å². The van der Waals surface area contributed by atoms with E-state index in [0.29, 0.717) is 0 Å². The molecule has 1 aromatic rings. The van der Waals surface area contributed by atoms with Crippen molar-refractivity contribution in [3.05, 3.63) is 11.9 Å². The molecule has 5 heteroatoms. The molecule has 15 heavy (non-hydrogen) atoms. The molecule has 1 heterocycles. The third-order valence-corrected chi connectivity index (χ3v) is 3.16. The lowest BCUT2D eigenvalue weighted by molar-refractivity contribution is 0.00508. The minimum absolute atomic E-state index is 0.0982. The normalized spacial score (nSPS) is 36.0. The maximum absolute atomic E-state index is 9.81. The Bertz CT molecular complexity index is 339. The van der Waals surface area contributed by atoms with Crippen molar-refractivity contribution in [3.8, 4) is 0 Å². The number of aromatic nitrogens is 3. The highest BCUT2D eigenvalue weighted by molar-refractivity contribution is 4.95. The Morgan fingerprint density at radius 1 is 1.47 bits per heavy atom. The van der Waals surface area contributed by atoms with Crippen LogP contribution in [0.3, 0.4) is 0 Å². The van der Waals surface area contributed by atoms with Gasteiger partial charge >= 0.3 is 0 Å². The third-order valence-electron chi connectivity index (χ3n) is 3.16. The fourth-order valence-electron chi connectivity index (χ4n) is 2.09. The molecule has 0 aliphatic heterocycles. The number of nitrogens with zero attached hydrogens (tertiary/aromatic N) is 3. The first kappa shape index (κ1) is 10.6. The molecular formula is C10H17N3O2. The molecule has 5 nitrogen and oxygen atoms in total. The summed E-state index contributed by atoms with van der Waals surface area (Å²) in [6, 6.07) is -0.185. The SMILES string of the molecule is CCc1cnn(C2CC(C)C(O)C2O)n1. The number of aliphatic hydroxyl groups is 2. The molecule has 1 fully saturated rings. The summed E-state index contributed by atoms with van der Waals surface area (Å²) in [7, 11) is 0. The number of hydrogen-bond acceptors (Lipinski definition) is 4. The van der Waals surface area contributed by atoms with E-state index in [-0.39, 0.29) is 12.0 Å². The molecule has 2 N–H and O–H groups in total. The molecule has 1 aliphatic carbocycles. The van der Waals surface area contributed by atoms with Crippen molar-refractivity contribution < 1.29 is 10.2 Å². The molecule has 1 saturated carbocycles. The maximum Gasteiger partial charge on any atom is 0.104 e. The van der Waals surface area contributed by atoms with Crippen molar-refractivity contribution in [2.24, 2.45) is 5.92 Å². The van der Waals surface area contributed by atoms with E-state index in [1.54, 1.807) is 6.20 Å². The monoisotopic (exact) mass is 211 g/mol. The van der Waals surface area contributed by atoms with Gasteiger partial charge in [-0.25, -0.2) is 0 Å². The second-order valence-electron chi connectivity index (χ2n) is 4.27. The summed E-state index contributed by atoms with van der Waals surface area (Å²) in [6.45, 7) is 3.94. The standard InChI is InChI=1S/C10H17N3O2/c1-3-7-5-11-13(12-7)8-4-6(2)9(14)10(8)15/h5-6,8-10,14-15H,3-4H2,1-2H3. The summed E-state index contributed by atoms with van der Waals surface area (Å²) in [5.41, 5.74) is 0.913. The summed E-state index contributed by atoms with van der Waals surface area (Å²) in [5.74, 6) is 0.0982. The molecular weight excluding hydrogens is 194 g/mol. The van der Waals surface area contributed by atoms with Crippen LogP contribution in [-0.2, 0) is 6.42 Å². The number of aryl methyl sites for hydroxylation is 1. The van der Waals surface area contributed by atoms with E-state index in [9.17, 15) is 10.2 Å². The van der Waals surface area contributed by atoms with Gasteiger partial charge < -0.3 is 10.2 Å². The summed E-state index contributed by atoms with van der Waals surface area (Å²) >= 11 is 0. The van der Waals surface area contributed by atoms with Gasteiger partial charge in [0.05, 0.1) is 18.0 Å². The Morgan fingerprint density at radius 3 is 2.67 bits per heavy atom. The average Bonchev–Trinajstić information content (AvgIpc) is 2.79. The summed E-state index contributed by atoms with van der Waals surface area (Å²) < 4.78 is 0. The molecule has 2 rings (SSSR count). The zero-order chi connectivity index (χ0) is 11.0. The zero-order valence-corrected chi connectivity index (χ0v) is 9.04. The Balaban J connectivity index is 2.17. The van der Waals surface area contributed by atoms with Gasteiger partial charge in [0.2, 0.25) is 0 Å². The minimum atomic E-state index is -0.753. The van der Waals surface area contributed by atoms with Gasteiger partial charge in [-0.1, -0.05) is 13.8 Å². The largest absolute Gasteiger partial charge is 0.390 e. The smallest absolute Gasteiger partial charge is 0.104 e. The number of aliphatic hydroxyl groups excluding tert-OH is 2. The molecule has 0 amide bonds. The summed E-state index contributed by atoms with van der Waals surface area (Å²) in [4.78, 5) is 1.54. The van der Waals surface area contributed by atoms with E-state index in [4.69, 9.17) is 0 Å². The van der Waals surface area contributed by atoms with Crippen molar-refractivity contribution in [2.75, 3.05) is 0 Å². The van der Waals surface area contributed by atoms with Crippen LogP contribution in [-0.4, -0.2) is 37.4 Å². The highest BCUT2D eigenvalue weighted by Gasteiger charge is 2.41. The second-order valence-corrected chi connectivity index (χ2v) is 4.27. The van der Waals surface area contributed by atoms with Crippen LogP contribution in [0.25, 0.3) is 0 Å². The van der Waals surface area contributed by atoms with Crippen LogP contribution in [0.15, 0.2) is 6.20 Å². The Kier molecular flexibility index (Phi) is 2.75. The molecule has 4 unspecified atom stereocenters. The van der Waals surface area contributed by atoms with Gasteiger partial charge in [0.1, 0.15) is 12.1 Å². The number of rotatable bonds is 2. The van der Waals surface area contributed by atoms with Crippen molar-refractivity contribution in [1.82, 2.24) is 15.0 Å². The Labute approximate surface area is 88.7 Å². The predicted molar refractivity (Wildman–Crippen MR) is 54.2 cm³/mol. The lowest BCUT2D eigenvalue weighted by Crippen LogP contribution is -2.29. The van der Waals surface area contributed by atoms with Crippen LogP contribution in [0.4, 0.5) is 0 Å². The average molecular weight is 211 g/mol. The molecule has 0 saturated heterocycles. The minimum Gasteiger partial charge on any atom is -0.390 e. The Morgan fingerprint density at radius 2 is 2.20 bits per heavy atom. The molecule has 84 valence electrons. The lowest BCUT2D eigenvalue weighted by Gasteiger charge is -2.15. The first-order valence-corrected chi connectivity index (χ1v) is 5.40. The first-order valence-electron chi connectivity index (χ1n) is 5.40. The quantitative estimate of drug-likeness (QED) is 0.730. The number of hydrogen-bond donors (Lipinski definition) is 2. The lowest BCUT2D eigenvalue weighted by atomic mass is 10.1. The molecule has 4 atom stereocenters. The molecule has 0 bridgehead atoms. The van der Waals surface area contributed by atoms with Crippen LogP contribution in [0.2, 0.25) is 0 Å². The molecule has 1 aromatic heterocycles. The second kappa shape index (κ2) is 3.90. The fraction of sp³-hybridized carbons (Fsp3) is 0.800. The van der Waals surface area contributed by atoms with Crippen LogP contribution >= 0.6 is 0 Å².